The van der Waals surface area contributed by atoms with Gasteiger partial charge in [-0.1, -0.05) is 0 Å². The first-order chi connectivity index (χ1) is 3.41. The summed E-state index contributed by atoms with van der Waals surface area (Å²) in [5.41, 5.74) is 0. The summed E-state index contributed by atoms with van der Waals surface area (Å²) >= 11 is 4.64. The lowest BCUT2D eigenvalue weighted by molar-refractivity contribution is 0.162. The van der Waals surface area contributed by atoms with Crippen molar-refractivity contribution in [2.45, 2.75) is 13.8 Å². The van der Waals surface area contributed by atoms with E-state index in [1.165, 1.54) is 7.26 Å². The van der Waals surface area contributed by atoms with Gasteiger partial charge in [0.2, 0.25) is 7.26 Å². The molecule has 0 aliphatic heterocycles. The Balaban J connectivity index is 0. The van der Waals surface area contributed by atoms with Crippen molar-refractivity contribution < 1.29 is 4.74 Å². The minimum absolute atomic E-state index is 0.844. The third-order valence-electron chi connectivity index (χ3n) is 0.408. The van der Waals surface area contributed by atoms with Crippen molar-refractivity contribution in [1.29, 1.82) is 0 Å². The molecule has 0 aromatic carbocycles. The Morgan fingerprint density at radius 3 is 1.57 bits per heavy atom. The first-order valence-electron chi connectivity index (χ1n) is 2.37. The average Bonchev–Trinajstić information content (AvgIpc) is 1.75. The van der Waals surface area contributed by atoms with Crippen molar-refractivity contribution in [1.82, 2.24) is 0 Å². The number of ether oxygens (including phenoxy) is 1. The van der Waals surface area contributed by atoms with E-state index < -0.39 is 0 Å². The summed E-state index contributed by atoms with van der Waals surface area (Å²) in [7, 11) is 1.47. The summed E-state index contributed by atoms with van der Waals surface area (Å²) in [5, 5.41) is 0. The standard InChI is InChI=1S/C4H10O.BClH2/c1-3-5-4-2;1-2/h3-4H2,1-2H3;1H2. The van der Waals surface area contributed by atoms with Crippen LogP contribution < -0.4 is 0 Å². The van der Waals surface area contributed by atoms with E-state index in [4.69, 9.17) is 4.74 Å². The van der Waals surface area contributed by atoms with E-state index in [1.54, 1.807) is 0 Å². The van der Waals surface area contributed by atoms with Crippen molar-refractivity contribution in [3.63, 3.8) is 0 Å². The maximum Gasteiger partial charge on any atom is 0.215 e. The van der Waals surface area contributed by atoms with Crippen molar-refractivity contribution in [3.05, 3.63) is 0 Å². The van der Waals surface area contributed by atoms with Crippen LogP contribution in [0, 0.1) is 0 Å². The van der Waals surface area contributed by atoms with Gasteiger partial charge in [-0.2, -0.15) is 0 Å². The van der Waals surface area contributed by atoms with Crippen LogP contribution in [0.15, 0.2) is 0 Å². The second-order valence-corrected chi connectivity index (χ2v) is 0.781. The highest BCUT2D eigenvalue weighted by molar-refractivity contribution is 6.80. The molecule has 0 saturated carbocycles. The largest absolute Gasteiger partial charge is 0.382 e. The molecule has 0 atom stereocenters. The molecule has 0 bridgehead atoms. The summed E-state index contributed by atoms with van der Waals surface area (Å²) < 4.78 is 4.83. The van der Waals surface area contributed by atoms with Crippen molar-refractivity contribution in [2.24, 2.45) is 0 Å². The fourth-order valence-electron chi connectivity index (χ4n) is 0.204. The third-order valence-corrected chi connectivity index (χ3v) is 0.408. The molecule has 0 heterocycles. The van der Waals surface area contributed by atoms with Gasteiger partial charge in [0.05, 0.1) is 0 Å². The average molecular weight is 122 g/mol. The Bertz CT molecular complexity index is 19.2. The molecule has 0 aromatic rings. The van der Waals surface area contributed by atoms with Crippen LogP contribution in [0.4, 0.5) is 0 Å². The maximum absolute atomic E-state index is 4.83. The second kappa shape index (κ2) is 16.2. The molecule has 1 nitrogen and oxygen atoms in total. The maximum atomic E-state index is 4.83. The summed E-state index contributed by atoms with van der Waals surface area (Å²) in [5.74, 6) is 0. The molecule has 0 aromatic heterocycles. The highest BCUT2D eigenvalue weighted by Crippen LogP contribution is 1.64. The van der Waals surface area contributed by atoms with Gasteiger partial charge in [-0.15, -0.1) is 0 Å². The fourth-order valence-corrected chi connectivity index (χ4v) is 0.204. The van der Waals surface area contributed by atoms with Crippen LogP contribution in [0.5, 0.6) is 0 Å². The smallest absolute Gasteiger partial charge is 0.215 e. The van der Waals surface area contributed by atoms with E-state index in [0.717, 1.165) is 13.2 Å². The van der Waals surface area contributed by atoms with Crippen LogP contribution in [-0.4, -0.2) is 20.5 Å². The van der Waals surface area contributed by atoms with Gasteiger partial charge in [0.15, 0.2) is 0 Å². The Morgan fingerprint density at radius 1 is 1.29 bits per heavy atom. The predicted molar refractivity (Wildman–Crippen MR) is 36.6 cm³/mol. The van der Waals surface area contributed by atoms with Gasteiger partial charge >= 0.3 is 0 Å². The third kappa shape index (κ3) is 21.9. The topological polar surface area (TPSA) is 9.23 Å². The molecule has 0 rings (SSSR count). The van der Waals surface area contributed by atoms with Gasteiger partial charge < -0.3 is 4.74 Å². The van der Waals surface area contributed by atoms with Gasteiger partial charge in [0, 0.05) is 13.2 Å². The molecule has 0 fully saturated rings. The normalized spacial score (nSPS) is 6.71. The monoisotopic (exact) mass is 122 g/mol. The second-order valence-electron chi connectivity index (χ2n) is 0.781. The molecule has 0 saturated heterocycles. The first-order valence-corrected chi connectivity index (χ1v) is 3.13. The molecule has 44 valence electrons. The van der Waals surface area contributed by atoms with Crippen molar-refractivity contribution in [3.8, 4) is 0 Å². The zero-order chi connectivity index (χ0) is 6.12. The van der Waals surface area contributed by atoms with Crippen LogP contribution >= 0.6 is 11.5 Å². The SMILES string of the molecule is BCl.CCOCC. The summed E-state index contributed by atoms with van der Waals surface area (Å²) in [4.78, 5) is 0. The van der Waals surface area contributed by atoms with Gasteiger partial charge in [-0.3, -0.25) is 0 Å². The molecule has 7 heavy (non-hydrogen) atoms. The van der Waals surface area contributed by atoms with Crippen LogP contribution in [0.3, 0.4) is 0 Å². The highest BCUT2D eigenvalue weighted by Gasteiger charge is 1.64. The molecule has 3 heteroatoms. The Labute approximate surface area is 51.3 Å². The molecule has 0 amide bonds. The Morgan fingerprint density at radius 2 is 1.57 bits per heavy atom. The Hall–Kier alpha value is 0.315. The fraction of sp³-hybridized carbons (Fsp3) is 1.00. The van der Waals surface area contributed by atoms with E-state index in [9.17, 15) is 0 Å². The first kappa shape index (κ1) is 10.3. The van der Waals surface area contributed by atoms with Crippen LogP contribution in [-0.2, 0) is 4.74 Å². The quantitative estimate of drug-likeness (QED) is 0.493. The Kier molecular flexibility index (Phi) is 23.9. The number of hydrogen-bond donors (Lipinski definition) is 0. The molecular formula is C4H12BClO. The predicted octanol–water partition coefficient (Wildman–Crippen LogP) is 0.816. The molecular weight excluding hydrogens is 110 g/mol. The molecule has 0 radical (unpaired) electrons. The summed E-state index contributed by atoms with van der Waals surface area (Å²) in [6.07, 6.45) is 0. The van der Waals surface area contributed by atoms with E-state index in [1.807, 2.05) is 13.8 Å². The van der Waals surface area contributed by atoms with Crippen LogP contribution in [0.1, 0.15) is 13.8 Å². The lowest BCUT2D eigenvalue weighted by Gasteiger charge is -1.86. The molecule has 0 spiro atoms. The molecule has 0 unspecified atom stereocenters. The molecule has 0 aliphatic carbocycles. The van der Waals surface area contributed by atoms with E-state index in [-0.39, 0.29) is 0 Å². The van der Waals surface area contributed by atoms with Gasteiger partial charge in [-0.05, 0) is 13.8 Å². The van der Waals surface area contributed by atoms with E-state index in [0.29, 0.717) is 0 Å². The zero-order valence-corrected chi connectivity index (χ0v) is 5.96. The van der Waals surface area contributed by atoms with Crippen molar-refractivity contribution >= 4 is 18.7 Å². The van der Waals surface area contributed by atoms with Gasteiger partial charge in [0.25, 0.3) is 0 Å². The molecule has 0 aliphatic rings. The van der Waals surface area contributed by atoms with Crippen LogP contribution in [0.25, 0.3) is 0 Å². The highest BCUT2D eigenvalue weighted by atomic mass is 35.5. The zero-order valence-electron chi connectivity index (χ0n) is 5.20. The van der Waals surface area contributed by atoms with Crippen LogP contribution in [0.2, 0.25) is 0 Å². The number of hydrogen-bond acceptors (Lipinski definition) is 1. The minimum atomic E-state index is 0.844. The number of halogens is 1. The van der Waals surface area contributed by atoms with E-state index in [2.05, 4.69) is 11.5 Å². The number of rotatable bonds is 2. The van der Waals surface area contributed by atoms with Gasteiger partial charge in [0.1, 0.15) is 0 Å². The summed E-state index contributed by atoms with van der Waals surface area (Å²) in [6, 6.07) is 0. The van der Waals surface area contributed by atoms with E-state index >= 15 is 0 Å². The lowest BCUT2D eigenvalue weighted by atomic mass is 10.8. The van der Waals surface area contributed by atoms with Gasteiger partial charge in [-0.25, -0.2) is 11.5 Å². The van der Waals surface area contributed by atoms with Crippen molar-refractivity contribution in [2.75, 3.05) is 13.2 Å². The minimum Gasteiger partial charge on any atom is -0.382 e. The summed E-state index contributed by atoms with van der Waals surface area (Å²) in [6.45, 7) is 5.67. The molecule has 0 N–H and O–H groups in total. The lowest BCUT2D eigenvalue weighted by Crippen LogP contribution is -1.84.